The molecular weight excluding hydrogens is 498 g/mol. The van der Waals surface area contributed by atoms with Crippen molar-refractivity contribution in [2.24, 2.45) is 11.5 Å². The van der Waals surface area contributed by atoms with Crippen LogP contribution in [-0.2, 0) is 36.8 Å². The second-order valence-electron chi connectivity index (χ2n) is 9.08. The number of aromatic hydroxyl groups is 1. The predicted octanol–water partition coefficient (Wildman–Crippen LogP) is -1.85. The van der Waals surface area contributed by atoms with Gasteiger partial charge >= 0.3 is 5.97 Å². The van der Waals surface area contributed by atoms with E-state index in [-0.39, 0.29) is 25.1 Å². The number of aliphatic carboxylic acids is 1. The molecule has 3 rings (SSSR count). The van der Waals surface area contributed by atoms with Crippen LogP contribution in [-0.4, -0.2) is 85.4 Å². The van der Waals surface area contributed by atoms with E-state index in [0.29, 0.717) is 24.1 Å². The van der Waals surface area contributed by atoms with Crippen molar-refractivity contribution in [1.29, 1.82) is 0 Å². The first-order chi connectivity index (χ1) is 18.0. The largest absolute Gasteiger partial charge is 0.508 e. The quantitative estimate of drug-likeness (QED) is 0.163. The van der Waals surface area contributed by atoms with Crippen LogP contribution in [0.5, 0.6) is 5.75 Å². The molecule has 9 N–H and O–H groups in total. The third kappa shape index (κ3) is 7.52. The minimum absolute atomic E-state index is 0.00548. The molecule has 204 valence electrons. The standard InChI is InChI=1S/C24H31N7O7/c25-16(10-20(26)33)21(34)29-17(8-13-3-5-15(32)6-4-13)22(35)30-18(9-14-11-27-12-28-14)23(36)31-7-1-2-19(31)24(37)38/h3-6,11-12,16-19,32H,1-2,7-10,25H2,(H2,26,33)(H,27,28)(H,29,34)(H,30,35)(H,37,38). The van der Waals surface area contributed by atoms with Crippen LogP contribution in [0.3, 0.4) is 0 Å². The third-order valence-electron chi connectivity index (χ3n) is 6.18. The number of carboxylic acids is 1. The minimum atomic E-state index is -1.30. The summed E-state index contributed by atoms with van der Waals surface area (Å²) in [6.45, 7) is 0.223. The number of carbonyl (C=O) groups excluding carboxylic acids is 4. The van der Waals surface area contributed by atoms with Crippen molar-refractivity contribution in [3.63, 3.8) is 0 Å². The number of phenolic OH excluding ortho intramolecular Hbond substituents is 1. The normalized spacial score (nSPS) is 17.3. The van der Waals surface area contributed by atoms with Gasteiger partial charge in [0.05, 0.1) is 18.8 Å². The van der Waals surface area contributed by atoms with E-state index in [2.05, 4.69) is 20.6 Å². The van der Waals surface area contributed by atoms with Gasteiger partial charge in [-0.1, -0.05) is 12.1 Å². The summed E-state index contributed by atoms with van der Waals surface area (Å²) in [5.74, 6) is -4.05. The van der Waals surface area contributed by atoms with Gasteiger partial charge < -0.3 is 42.2 Å². The lowest BCUT2D eigenvalue weighted by atomic mass is 10.0. The van der Waals surface area contributed by atoms with Gasteiger partial charge in [0.15, 0.2) is 0 Å². The van der Waals surface area contributed by atoms with Crippen molar-refractivity contribution in [3.8, 4) is 5.75 Å². The summed E-state index contributed by atoms with van der Waals surface area (Å²) >= 11 is 0. The zero-order valence-electron chi connectivity index (χ0n) is 20.5. The molecule has 0 saturated carbocycles. The van der Waals surface area contributed by atoms with Gasteiger partial charge in [0.25, 0.3) is 0 Å². The second-order valence-corrected chi connectivity index (χ2v) is 9.08. The van der Waals surface area contributed by atoms with Crippen molar-refractivity contribution in [3.05, 3.63) is 48.0 Å². The lowest BCUT2D eigenvalue weighted by Crippen LogP contribution is -2.58. The smallest absolute Gasteiger partial charge is 0.326 e. The van der Waals surface area contributed by atoms with Crippen molar-refractivity contribution >= 4 is 29.6 Å². The van der Waals surface area contributed by atoms with Crippen LogP contribution in [0.15, 0.2) is 36.8 Å². The molecule has 38 heavy (non-hydrogen) atoms. The number of amides is 4. The molecule has 4 unspecified atom stereocenters. The molecule has 1 aliphatic heterocycles. The SMILES string of the molecule is NC(=O)CC(N)C(=O)NC(Cc1ccc(O)cc1)C(=O)NC(Cc1cnc[nH]1)C(=O)N1CCCC1C(=O)O. The Morgan fingerprint density at radius 3 is 2.37 bits per heavy atom. The van der Waals surface area contributed by atoms with Crippen LogP contribution in [0.25, 0.3) is 0 Å². The molecule has 1 aliphatic rings. The van der Waals surface area contributed by atoms with E-state index >= 15 is 0 Å². The molecule has 1 fully saturated rings. The van der Waals surface area contributed by atoms with Crippen LogP contribution in [0.2, 0.25) is 0 Å². The third-order valence-corrected chi connectivity index (χ3v) is 6.18. The zero-order chi connectivity index (χ0) is 27.8. The Labute approximate surface area is 217 Å². The van der Waals surface area contributed by atoms with Crippen LogP contribution in [0.4, 0.5) is 0 Å². The highest BCUT2D eigenvalue weighted by atomic mass is 16.4. The summed E-state index contributed by atoms with van der Waals surface area (Å²) < 4.78 is 0. The number of benzene rings is 1. The van der Waals surface area contributed by atoms with Gasteiger partial charge in [-0.3, -0.25) is 19.2 Å². The summed E-state index contributed by atoms with van der Waals surface area (Å²) in [4.78, 5) is 70.4. The number of H-pyrrole nitrogens is 1. The molecule has 2 heterocycles. The van der Waals surface area contributed by atoms with Gasteiger partial charge in [-0.15, -0.1) is 0 Å². The number of primary amides is 1. The average Bonchev–Trinajstić information content (AvgIpc) is 3.56. The van der Waals surface area contributed by atoms with Gasteiger partial charge in [0.2, 0.25) is 23.6 Å². The van der Waals surface area contributed by atoms with Gasteiger partial charge in [-0.2, -0.15) is 0 Å². The molecule has 14 heteroatoms. The predicted molar refractivity (Wildman–Crippen MR) is 132 cm³/mol. The lowest BCUT2D eigenvalue weighted by molar-refractivity contribution is -0.149. The van der Waals surface area contributed by atoms with Crippen LogP contribution < -0.4 is 22.1 Å². The molecule has 0 radical (unpaired) electrons. The van der Waals surface area contributed by atoms with Gasteiger partial charge in [-0.05, 0) is 30.5 Å². The molecule has 0 spiro atoms. The van der Waals surface area contributed by atoms with Crippen LogP contribution in [0.1, 0.15) is 30.5 Å². The Morgan fingerprint density at radius 1 is 1.08 bits per heavy atom. The van der Waals surface area contributed by atoms with E-state index in [1.807, 2.05) is 0 Å². The molecule has 0 aliphatic carbocycles. The first-order valence-corrected chi connectivity index (χ1v) is 12.0. The number of nitrogens with one attached hydrogen (secondary N) is 3. The molecular formula is C24H31N7O7. The van der Waals surface area contributed by atoms with E-state index in [4.69, 9.17) is 11.5 Å². The Morgan fingerprint density at radius 2 is 1.76 bits per heavy atom. The molecule has 4 atom stereocenters. The summed E-state index contributed by atoms with van der Waals surface area (Å²) in [5.41, 5.74) is 12.0. The molecule has 0 bridgehead atoms. The molecule has 14 nitrogen and oxygen atoms in total. The van der Waals surface area contributed by atoms with Crippen molar-refractivity contribution in [2.75, 3.05) is 6.54 Å². The Hall–Kier alpha value is -4.46. The highest BCUT2D eigenvalue weighted by Crippen LogP contribution is 2.20. The van der Waals surface area contributed by atoms with E-state index < -0.39 is 60.2 Å². The first-order valence-electron chi connectivity index (χ1n) is 12.0. The summed E-state index contributed by atoms with van der Waals surface area (Å²) in [6.07, 6.45) is 3.20. The number of nitrogens with zero attached hydrogens (tertiary/aromatic N) is 2. The Balaban J connectivity index is 1.84. The highest BCUT2D eigenvalue weighted by Gasteiger charge is 2.38. The Kier molecular flexibility index (Phi) is 9.38. The van der Waals surface area contributed by atoms with Crippen LogP contribution in [0, 0.1) is 0 Å². The average molecular weight is 530 g/mol. The molecule has 1 aromatic carbocycles. The summed E-state index contributed by atoms with van der Waals surface area (Å²) in [5, 5.41) is 24.2. The van der Waals surface area contributed by atoms with Crippen molar-refractivity contribution in [1.82, 2.24) is 25.5 Å². The molecule has 2 aromatic rings. The minimum Gasteiger partial charge on any atom is -0.508 e. The molecule has 1 saturated heterocycles. The maximum absolute atomic E-state index is 13.4. The fourth-order valence-corrected chi connectivity index (χ4v) is 4.24. The first kappa shape index (κ1) is 28.1. The summed E-state index contributed by atoms with van der Waals surface area (Å²) in [6, 6.07) is 1.23. The molecule has 4 amide bonds. The fraction of sp³-hybridized carbons (Fsp3) is 0.417. The Bertz CT molecular complexity index is 1150. The number of rotatable bonds is 12. The number of phenols is 1. The van der Waals surface area contributed by atoms with E-state index in [9.17, 15) is 34.2 Å². The van der Waals surface area contributed by atoms with Gasteiger partial charge in [0.1, 0.15) is 23.9 Å². The number of hydrogen-bond acceptors (Lipinski definition) is 8. The zero-order valence-corrected chi connectivity index (χ0v) is 20.5. The second kappa shape index (κ2) is 12.7. The topological polar surface area (TPSA) is 234 Å². The lowest BCUT2D eigenvalue weighted by Gasteiger charge is -2.29. The van der Waals surface area contributed by atoms with E-state index in [1.165, 1.54) is 29.6 Å². The van der Waals surface area contributed by atoms with Crippen LogP contribution >= 0.6 is 0 Å². The number of carboxylic acid groups (broad SMARTS) is 1. The molecule has 1 aromatic heterocycles. The monoisotopic (exact) mass is 529 g/mol. The van der Waals surface area contributed by atoms with Gasteiger partial charge in [-0.25, -0.2) is 9.78 Å². The maximum Gasteiger partial charge on any atom is 0.326 e. The van der Waals surface area contributed by atoms with E-state index in [1.54, 1.807) is 12.1 Å². The number of aromatic amines is 1. The number of hydrogen-bond donors (Lipinski definition) is 7. The highest BCUT2D eigenvalue weighted by molar-refractivity contribution is 5.95. The number of nitrogens with two attached hydrogens (primary N) is 2. The summed E-state index contributed by atoms with van der Waals surface area (Å²) in [7, 11) is 0. The van der Waals surface area contributed by atoms with Crippen molar-refractivity contribution in [2.45, 2.75) is 56.3 Å². The number of aromatic nitrogens is 2. The number of likely N-dealkylation sites (tertiary alicyclic amines) is 1. The van der Waals surface area contributed by atoms with Crippen molar-refractivity contribution < 1.29 is 34.2 Å². The number of carbonyl (C=O) groups is 5. The maximum atomic E-state index is 13.4. The van der Waals surface area contributed by atoms with E-state index in [0.717, 1.165) is 0 Å². The fourth-order valence-electron chi connectivity index (χ4n) is 4.24. The number of imidazole rings is 1. The van der Waals surface area contributed by atoms with Gasteiger partial charge in [0, 0.05) is 31.3 Å².